The Kier molecular flexibility index (Phi) is 5.98. The van der Waals surface area contributed by atoms with Crippen molar-refractivity contribution in [3.05, 3.63) is 22.9 Å². The second-order valence-corrected chi connectivity index (χ2v) is 9.75. The third-order valence-electron chi connectivity index (χ3n) is 5.88. The van der Waals surface area contributed by atoms with Gasteiger partial charge in [0.05, 0.1) is 21.8 Å². The number of anilines is 2. The molecule has 3 heterocycles. The average Bonchev–Trinajstić information content (AvgIpc) is 3.40. The number of carbonyl (C=O) groups is 2. The van der Waals surface area contributed by atoms with Crippen LogP contribution in [0.1, 0.15) is 48.3 Å². The third kappa shape index (κ3) is 4.57. The summed E-state index contributed by atoms with van der Waals surface area (Å²) in [5.74, 6) is 1.17. The van der Waals surface area contributed by atoms with E-state index in [1.165, 1.54) is 31.1 Å². The van der Waals surface area contributed by atoms with Gasteiger partial charge in [0.15, 0.2) is 5.13 Å². The zero-order valence-electron chi connectivity index (χ0n) is 18.8. The van der Waals surface area contributed by atoms with Crippen LogP contribution in [-0.2, 0) is 11.3 Å². The monoisotopic (exact) mass is 442 g/mol. The van der Waals surface area contributed by atoms with Gasteiger partial charge in [-0.15, -0.1) is 0 Å². The van der Waals surface area contributed by atoms with E-state index in [4.69, 9.17) is 4.98 Å². The van der Waals surface area contributed by atoms with Crippen LogP contribution in [0, 0.1) is 12.8 Å². The predicted molar refractivity (Wildman–Crippen MR) is 123 cm³/mol. The maximum atomic E-state index is 13.3. The van der Waals surface area contributed by atoms with Crippen LogP contribution in [0.5, 0.6) is 0 Å². The summed E-state index contributed by atoms with van der Waals surface area (Å²) in [6.45, 7) is 7.68. The van der Waals surface area contributed by atoms with Gasteiger partial charge in [-0.05, 0) is 58.3 Å². The smallest absolute Gasteiger partial charge is 0.258 e. The van der Waals surface area contributed by atoms with Gasteiger partial charge in [-0.1, -0.05) is 11.3 Å². The van der Waals surface area contributed by atoms with Crippen molar-refractivity contribution < 1.29 is 9.59 Å². The van der Waals surface area contributed by atoms with E-state index >= 15 is 0 Å². The first-order valence-corrected chi connectivity index (χ1v) is 11.5. The molecule has 0 aromatic carbocycles. The van der Waals surface area contributed by atoms with Crippen molar-refractivity contribution in [2.75, 3.05) is 37.8 Å². The molecular weight excluding hydrogens is 412 g/mol. The molecule has 2 aromatic rings. The average molecular weight is 443 g/mol. The van der Waals surface area contributed by atoms with E-state index in [9.17, 15) is 9.59 Å². The molecule has 0 spiro atoms. The Morgan fingerprint density at radius 2 is 2.10 bits per heavy atom. The lowest BCUT2D eigenvalue weighted by atomic mass is 10.1. The summed E-state index contributed by atoms with van der Waals surface area (Å²) in [5.41, 5.74) is 3.29. The highest BCUT2D eigenvalue weighted by Crippen LogP contribution is 2.41. The van der Waals surface area contributed by atoms with Crippen LogP contribution in [0.25, 0.3) is 10.6 Å². The highest BCUT2D eigenvalue weighted by molar-refractivity contribution is 7.19. The highest BCUT2D eigenvalue weighted by Gasteiger charge is 2.40. The molecule has 166 valence electrons. The number of fused-ring (bicyclic) bond motifs is 1. The molecule has 8 nitrogen and oxygen atoms in total. The summed E-state index contributed by atoms with van der Waals surface area (Å²) in [7, 11) is 4.04. The van der Waals surface area contributed by atoms with Crippen molar-refractivity contribution in [1.29, 1.82) is 0 Å². The first-order chi connectivity index (χ1) is 14.7. The molecule has 0 saturated heterocycles. The summed E-state index contributed by atoms with van der Waals surface area (Å²) in [6.07, 6.45) is 2.40. The zero-order valence-corrected chi connectivity index (χ0v) is 19.6. The number of aryl methyl sites for hydroxylation is 1. The number of thiazole rings is 1. The van der Waals surface area contributed by atoms with E-state index < -0.39 is 0 Å². The van der Waals surface area contributed by atoms with Gasteiger partial charge in [-0.25, -0.2) is 9.97 Å². The van der Waals surface area contributed by atoms with Crippen molar-refractivity contribution in [2.24, 2.45) is 5.92 Å². The van der Waals surface area contributed by atoms with E-state index in [1.807, 2.05) is 32.0 Å². The van der Waals surface area contributed by atoms with Crippen LogP contribution < -0.4 is 10.6 Å². The number of nitrogens with one attached hydrogen (secondary N) is 2. The van der Waals surface area contributed by atoms with E-state index in [1.54, 1.807) is 0 Å². The van der Waals surface area contributed by atoms with E-state index in [0.29, 0.717) is 35.5 Å². The second kappa shape index (κ2) is 8.55. The largest absolute Gasteiger partial charge is 0.368 e. The Morgan fingerprint density at radius 1 is 1.35 bits per heavy atom. The van der Waals surface area contributed by atoms with Gasteiger partial charge < -0.3 is 20.4 Å². The minimum Gasteiger partial charge on any atom is -0.368 e. The van der Waals surface area contributed by atoms with Gasteiger partial charge in [-0.3, -0.25) is 9.59 Å². The molecule has 0 radical (unpaired) electrons. The molecule has 2 N–H and O–H groups in total. The Balaban J connectivity index is 1.70. The van der Waals surface area contributed by atoms with Crippen molar-refractivity contribution >= 4 is 34.1 Å². The van der Waals surface area contributed by atoms with Crippen molar-refractivity contribution in [2.45, 2.75) is 46.2 Å². The fourth-order valence-electron chi connectivity index (χ4n) is 4.00. The molecule has 1 saturated carbocycles. The number of rotatable bonds is 8. The summed E-state index contributed by atoms with van der Waals surface area (Å²) in [6, 6.07) is 2.26. The van der Waals surface area contributed by atoms with Crippen molar-refractivity contribution in [3.8, 4) is 10.6 Å². The van der Waals surface area contributed by atoms with Crippen LogP contribution in [0.4, 0.5) is 10.9 Å². The Hall–Kier alpha value is -2.52. The molecule has 0 bridgehead atoms. The fourth-order valence-corrected chi connectivity index (χ4v) is 4.98. The topological polar surface area (TPSA) is 90.5 Å². The molecular formula is C22H30N6O2S. The molecule has 2 amide bonds. The van der Waals surface area contributed by atoms with Gasteiger partial charge in [0.2, 0.25) is 5.91 Å². The van der Waals surface area contributed by atoms with Crippen molar-refractivity contribution in [1.82, 2.24) is 19.8 Å². The molecule has 2 aromatic heterocycles. The molecule has 9 heteroatoms. The number of aromatic nitrogens is 2. The minimum atomic E-state index is -0.149. The van der Waals surface area contributed by atoms with E-state index in [2.05, 4.69) is 27.4 Å². The lowest BCUT2D eigenvalue weighted by Crippen LogP contribution is -2.35. The molecule has 1 unspecified atom stereocenters. The molecule has 1 aliphatic heterocycles. The Morgan fingerprint density at radius 3 is 2.74 bits per heavy atom. The molecule has 1 atom stereocenters. The fraction of sp³-hybridized carbons (Fsp3) is 0.545. The lowest BCUT2D eigenvalue weighted by molar-refractivity contribution is -0.114. The number of hydrogen-bond acceptors (Lipinski definition) is 7. The summed E-state index contributed by atoms with van der Waals surface area (Å²) < 4.78 is 0. The van der Waals surface area contributed by atoms with Crippen LogP contribution >= 0.6 is 11.3 Å². The lowest BCUT2D eigenvalue weighted by Gasteiger charge is -2.24. The second-order valence-electron chi connectivity index (χ2n) is 8.75. The summed E-state index contributed by atoms with van der Waals surface area (Å²) >= 11 is 1.41. The standard InChI is InChI=1S/C22H30N6O2S/c1-12-19(31-22(24-12)25-14(3)29)17-10-16-11-28(13(2)15-6-7-15)21(30)18(16)20(26-17)23-8-9-27(4)5/h10,13,15H,6-9,11H2,1-5H3,(H,23,26)(H,24,25,29). The van der Waals surface area contributed by atoms with Crippen LogP contribution in [-0.4, -0.2) is 64.8 Å². The van der Waals surface area contributed by atoms with E-state index in [0.717, 1.165) is 28.4 Å². The number of hydrogen-bond donors (Lipinski definition) is 2. The van der Waals surface area contributed by atoms with Crippen LogP contribution in [0.15, 0.2) is 6.07 Å². The van der Waals surface area contributed by atoms with Gasteiger partial charge in [0, 0.05) is 32.6 Å². The first-order valence-electron chi connectivity index (χ1n) is 10.7. The number of likely N-dealkylation sites (N-methyl/N-ethyl adjacent to an activating group) is 1. The quantitative estimate of drug-likeness (QED) is 0.653. The predicted octanol–water partition coefficient (Wildman–Crippen LogP) is 3.20. The SMILES string of the molecule is CC(=O)Nc1nc(C)c(-c2cc3c(c(NCCN(C)C)n2)C(=O)N(C(C)C2CC2)C3)s1. The summed E-state index contributed by atoms with van der Waals surface area (Å²) in [5, 5.41) is 6.71. The van der Waals surface area contributed by atoms with Crippen molar-refractivity contribution in [3.63, 3.8) is 0 Å². The molecule has 4 rings (SSSR count). The van der Waals surface area contributed by atoms with Gasteiger partial charge in [-0.2, -0.15) is 0 Å². The minimum absolute atomic E-state index is 0.0702. The number of pyridine rings is 1. The maximum Gasteiger partial charge on any atom is 0.258 e. The Labute approximate surface area is 187 Å². The number of amides is 2. The van der Waals surface area contributed by atoms with Crippen LogP contribution in [0.3, 0.4) is 0 Å². The molecule has 1 aliphatic carbocycles. The zero-order chi connectivity index (χ0) is 22.3. The van der Waals surface area contributed by atoms with E-state index in [-0.39, 0.29) is 17.9 Å². The summed E-state index contributed by atoms with van der Waals surface area (Å²) in [4.78, 5) is 39.0. The van der Waals surface area contributed by atoms with Gasteiger partial charge in [0.25, 0.3) is 5.91 Å². The number of nitrogens with zero attached hydrogens (tertiary/aromatic N) is 4. The van der Waals surface area contributed by atoms with Gasteiger partial charge >= 0.3 is 0 Å². The third-order valence-corrected chi connectivity index (χ3v) is 6.97. The molecule has 1 fully saturated rings. The maximum absolute atomic E-state index is 13.3. The van der Waals surface area contributed by atoms with Gasteiger partial charge in [0.1, 0.15) is 5.82 Å². The van der Waals surface area contributed by atoms with Crippen LogP contribution in [0.2, 0.25) is 0 Å². The first kappa shape index (κ1) is 21.7. The highest BCUT2D eigenvalue weighted by atomic mass is 32.1. The Bertz CT molecular complexity index is 1010. The number of carbonyl (C=O) groups excluding carboxylic acids is 2. The normalized spacial score (nSPS) is 16.6. The molecule has 2 aliphatic rings. The molecule has 31 heavy (non-hydrogen) atoms.